The summed E-state index contributed by atoms with van der Waals surface area (Å²) in [5.74, 6) is 0.961. The summed E-state index contributed by atoms with van der Waals surface area (Å²) in [6.45, 7) is 2.23. The minimum absolute atomic E-state index is 0.573. The molecule has 1 aliphatic rings. The van der Waals surface area contributed by atoms with E-state index in [0.717, 1.165) is 37.8 Å². The quantitative estimate of drug-likeness (QED) is 0.714. The van der Waals surface area contributed by atoms with Crippen LogP contribution < -0.4 is 5.32 Å². The van der Waals surface area contributed by atoms with Gasteiger partial charge in [0.15, 0.2) is 0 Å². The molecular formula is C18H23NO2. The summed E-state index contributed by atoms with van der Waals surface area (Å²) in [6.07, 6.45) is 6.48. The lowest BCUT2D eigenvalue weighted by Gasteiger charge is -2.06. The van der Waals surface area contributed by atoms with Gasteiger partial charge in [-0.2, -0.15) is 0 Å². The number of aryl methyl sites for hydroxylation is 1. The predicted octanol–water partition coefficient (Wildman–Crippen LogP) is 3.68. The molecule has 3 heteroatoms. The number of hydrogen-bond donors (Lipinski definition) is 1. The molecule has 0 radical (unpaired) electrons. The number of rotatable bonds is 9. The highest BCUT2D eigenvalue weighted by atomic mass is 16.5. The van der Waals surface area contributed by atoms with Gasteiger partial charge in [0.05, 0.1) is 6.26 Å². The van der Waals surface area contributed by atoms with Gasteiger partial charge in [-0.1, -0.05) is 30.3 Å². The zero-order valence-electron chi connectivity index (χ0n) is 12.4. The third kappa shape index (κ3) is 4.73. The third-order valence-electron chi connectivity index (χ3n) is 3.83. The lowest BCUT2D eigenvalue weighted by molar-refractivity contribution is 0.103. The van der Waals surface area contributed by atoms with Crippen LogP contribution in [0.3, 0.4) is 0 Å². The van der Waals surface area contributed by atoms with Crippen molar-refractivity contribution in [3.8, 4) is 0 Å². The molecule has 0 saturated heterocycles. The van der Waals surface area contributed by atoms with Crippen molar-refractivity contribution in [3.63, 3.8) is 0 Å². The maximum Gasteiger partial charge on any atom is 0.133 e. The van der Waals surface area contributed by atoms with Crippen LogP contribution in [-0.4, -0.2) is 12.6 Å². The average Bonchev–Trinajstić information content (AvgIpc) is 3.25. The molecule has 3 nitrogen and oxygen atoms in total. The van der Waals surface area contributed by atoms with E-state index >= 15 is 0 Å². The van der Waals surface area contributed by atoms with Gasteiger partial charge >= 0.3 is 0 Å². The van der Waals surface area contributed by atoms with Crippen molar-refractivity contribution in [2.75, 3.05) is 6.61 Å². The zero-order valence-corrected chi connectivity index (χ0v) is 12.4. The van der Waals surface area contributed by atoms with E-state index < -0.39 is 0 Å². The Bertz CT molecular complexity index is 531. The highest BCUT2D eigenvalue weighted by Gasteiger charge is 2.20. The van der Waals surface area contributed by atoms with Gasteiger partial charge in [0, 0.05) is 24.8 Å². The van der Waals surface area contributed by atoms with E-state index in [0.29, 0.717) is 6.61 Å². The first-order valence-electron chi connectivity index (χ1n) is 7.82. The lowest BCUT2D eigenvalue weighted by Crippen LogP contribution is -2.15. The molecule has 1 fully saturated rings. The van der Waals surface area contributed by atoms with E-state index in [1.54, 1.807) is 6.26 Å². The van der Waals surface area contributed by atoms with Crippen molar-refractivity contribution in [1.82, 2.24) is 5.32 Å². The summed E-state index contributed by atoms with van der Waals surface area (Å²) >= 11 is 0. The monoisotopic (exact) mass is 285 g/mol. The molecule has 0 atom stereocenters. The molecule has 112 valence electrons. The van der Waals surface area contributed by atoms with Crippen LogP contribution in [0.1, 0.15) is 36.1 Å². The van der Waals surface area contributed by atoms with Crippen molar-refractivity contribution in [3.05, 3.63) is 59.5 Å². The molecule has 1 aromatic carbocycles. The van der Waals surface area contributed by atoms with Crippen LogP contribution in [0.2, 0.25) is 0 Å². The molecule has 3 rings (SSSR count). The Morgan fingerprint density at radius 1 is 1.14 bits per heavy atom. The summed E-state index contributed by atoms with van der Waals surface area (Å²) in [4.78, 5) is 0. The number of hydrogen-bond acceptors (Lipinski definition) is 3. The summed E-state index contributed by atoms with van der Waals surface area (Å²) in [6, 6.07) is 13.3. The Balaban J connectivity index is 1.34. The summed E-state index contributed by atoms with van der Waals surface area (Å²) in [7, 11) is 0. The van der Waals surface area contributed by atoms with Crippen LogP contribution in [0.15, 0.2) is 47.1 Å². The highest BCUT2D eigenvalue weighted by Crippen LogP contribution is 2.20. The molecule has 21 heavy (non-hydrogen) atoms. The van der Waals surface area contributed by atoms with Gasteiger partial charge in [-0.05, 0) is 37.3 Å². The van der Waals surface area contributed by atoms with E-state index in [1.807, 2.05) is 12.1 Å². The van der Waals surface area contributed by atoms with E-state index in [1.165, 1.54) is 24.0 Å². The lowest BCUT2D eigenvalue weighted by atomic mass is 10.1. The second-order valence-corrected chi connectivity index (χ2v) is 5.67. The molecule has 0 bridgehead atoms. The molecule has 0 amide bonds. The van der Waals surface area contributed by atoms with Crippen molar-refractivity contribution < 1.29 is 9.15 Å². The van der Waals surface area contributed by atoms with Crippen LogP contribution in [0.4, 0.5) is 0 Å². The van der Waals surface area contributed by atoms with Gasteiger partial charge in [-0.25, -0.2) is 0 Å². The van der Waals surface area contributed by atoms with Gasteiger partial charge < -0.3 is 14.5 Å². The van der Waals surface area contributed by atoms with Gasteiger partial charge in [0.1, 0.15) is 12.4 Å². The Kier molecular flexibility index (Phi) is 5.08. The largest absolute Gasteiger partial charge is 0.467 e. The average molecular weight is 285 g/mol. The summed E-state index contributed by atoms with van der Waals surface area (Å²) < 4.78 is 11.3. The van der Waals surface area contributed by atoms with E-state index in [2.05, 4.69) is 29.6 Å². The highest BCUT2D eigenvalue weighted by molar-refractivity contribution is 5.16. The second-order valence-electron chi connectivity index (χ2n) is 5.67. The minimum atomic E-state index is 0.573. The first-order valence-corrected chi connectivity index (χ1v) is 7.82. The topological polar surface area (TPSA) is 34.4 Å². The van der Waals surface area contributed by atoms with E-state index in [-0.39, 0.29) is 0 Å². The molecule has 1 aliphatic carbocycles. The number of furan rings is 1. The molecule has 2 aromatic rings. The Morgan fingerprint density at radius 3 is 2.81 bits per heavy atom. The summed E-state index contributed by atoms with van der Waals surface area (Å²) in [5, 5.41) is 3.51. The maximum absolute atomic E-state index is 5.74. The Morgan fingerprint density at radius 2 is 2.00 bits per heavy atom. The fraction of sp³-hybridized carbons (Fsp3) is 0.444. The van der Waals surface area contributed by atoms with Crippen LogP contribution in [0, 0.1) is 0 Å². The molecular weight excluding hydrogens is 262 g/mol. The van der Waals surface area contributed by atoms with Gasteiger partial charge in [-0.3, -0.25) is 0 Å². The maximum atomic E-state index is 5.74. The molecule has 1 heterocycles. The summed E-state index contributed by atoms with van der Waals surface area (Å²) in [5.41, 5.74) is 2.60. The molecule has 0 unspecified atom stereocenters. The SMILES string of the molecule is c1ccc(CCCOCc2occc2CNC2CC2)cc1. The van der Waals surface area contributed by atoms with Gasteiger partial charge in [0.25, 0.3) is 0 Å². The van der Waals surface area contributed by atoms with Crippen molar-refractivity contribution in [1.29, 1.82) is 0 Å². The molecule has 1 saturated carbocycles. The minimum Gasteiger partial charge on any atom is -0.467 e. The fourth-order valence-electron chi connectivity index (χ4n) is 2.38. The van der Waals surface area contributed by atoms with Crippen LogP contribution in [0.5, 0.6) is 0 Å². The third-order valence-corrected chi connectivity index (χ3v) is 3.83. The van der Waals surface area contributed by atoms with Crippen molar-refractivity contribution in [2.45, 2.75) is 44.9 Å². The normalized spacial score (nSPS) is 14.5. The first kappa shape index (κ1) is 14.4. The molecule has 0 spiro atoms. The van der Waals surface area contributed by atoms with Crippen molar-refractivity contribution >= 4 is 0 Å². The number of nitrogens with one attached hydrogen (secondary N) is 1. The molecule has 1 N–H and O–H groups in total. The van der Waals surface area contributed by atoms with Crippen LogP contribution in [-0.2, 0) is 24.3 Å². The van der Waals surface area contributed by atoms with Crippen LogP contribution >= 0.6 is 0 Å². The smallest absolute Gasteiger partial charge is 0.133 e. The molecule has 1 aromatic heterocycles. The van der Waals surface area contributed by atoms with Crippen LogP contribution in [0.25, 0.3) is 0 Å². The number of benzene rings is 1. The number of ether oxygens (including phenoxy) is 1. The van der Waals surface area contributed by atoms with Gasteiger partial charge in [-0.15, -0.1) is 0 Å². The predicted molar refractivity (Wildman–Crippen MR) is 83.0 cm³/mol. The zero-order chi connectivity index (χ0) is 14.3. The van der Waals surface area contributed by atoms with Gasteiger partial charge in [0.2, 0.25) is 0 Å². The molecule has 0 aliphatic heterocycles. The second kappa shape index (κ2) is 7.43. The fourth-order valence-corrected chi connectivity index (χ4v) is 2.38. The Labute approximate surface area is 126 Å². The first-order chi connectivity index (χ1) is 10.4. The van der Waals surface area contributed by atoms with E-state index in [9.17, 15) is 0 Å². The van der Waals surface area contributed by atoms with E-state index in [4.69, 9.17) is 9.15 Å². The standard InChI is InChI=1S/C18H23NO2/c1-2-5-15(6-3-1)7-4-11-20-14-18-16(10-12-21-18)13-19-17-8-9-17/h1-3,5-6,10,12,17,19H,4,7-9,11,13-14H2. The Hall–Kier alpha value is -1.58. The van der Waals surface area contributed by atoms with Crippen molar-refractivity contribution in [2.24, 2.45) is 0 Å².